The van der Waals surface area contributed by atoms with E-state index >= 15 is 0 Å². The lowest BCUT2D eigenvalue weighted by Gasteiger charge is -2.35. The molecule has 24 heavy (non-hydrogen) atoms. The number of rotatable bonds is 4. The van der Waals surface area contributed by atoms with E-state index in [1.165, 1.54) is 5.56 Å². The smallest absolute Gasteiger partial charge is 0.254 e. The van der Waals surface area contributed by atoms with Gasteiger partial charge in [0.25, 0.3) is 5.91 Å². The lowest BCUT2D eigenvalue weighted by atomic mass is 10.0. The molecule has 0 saturated carbocycles. The fraction of sp³-hybridized carbons (Fsp3) is 0.300. The highest BCUT2D eigenvalue weighted by molar-refractivity contribution is 5.95. The quantitative estimate of drug-likeness (QED) is 0.870. The first-order valence-electron chi connectivity index (χ1n) is 8.28. The average Bonchev–Trinajstić information content (AvgIpc) is 2.63. The van der Waals surface area contributed by atoms with Crippen molar-refractivity contribution in [1.82, 2.24) is 9.80 Å². The standard InChI is InChI=1S/C20H21N3O/c21-11-10-18-8-4-5-9-19(18)20(24)23-14-12-22(13-15-23)16-17-6-2-1-3-7-17/h1-9H,10,12-16H2. The predicted molar refractivity (Wildman–Crippen MR) is 93.4 cm³/mol. The largest absolute Gasteiger partial charge is 0.336 e. The van der Waals surface area contributed by atoms with Gasteiger partial charge >= 0.3 is 0 Å². The van der Waals surface area contributed by atoms with Crippen LogP contribution in [-0.2, 0) is 13.0 Å². The van der Waals surface area contributed by atoms with Crippen molar-refractivity contribution in [2.75, 3.05) is 26.2 Å². The number of nitriles is 1. The molecule has 0 radical (unpaired) electrons. The maximum Gasteiger partial charge on any atom is 0.254 e. The van der Waals surface area contributed by atoms with Gasteiger partial charge in [-0.2, -0.15) is 5.26 Å². The van der Waals surface area contributed by atoms with Gasteiger partial charge in [0.05, 0.1) is 12.5 Å². The second-order valence-electron chi connectivity index (χ2n) is 6.05. The van der Waals surface area contributed by atoms with E-state index in [4.69, 9.17) is 5.26 Å². The van der Waals surface area contributed by atoms with Crippen molar-refractivity contribution in [2.45, 2.75) is 13.0 Å². The molecule has 4 heteroatoms. The van der Waals surface area contributed by atoms with E-state index in [0.717, 1.165) is 38.3 Å². The predicted octanol–water partition coefficient (Wildman–Crippen LogP) is 2.71. The van der Waals surface area contributed by atoms with Crippen molar-refractivity contribution in [3.05, 3.63) is 71.3 Å². The summed E-state index contributed by atoms with van der Waals surface area (Å²) in [5.41, 5.74) is 2.78. The van der Waals surface area contributed by atoms with Gasteiger partial charge in [0, 0.05) is 38.3 Å². The summed E-state index contributed by atoms with van der Waals surface area (Å²) in [4.78, 5) is 17.0. The van der Waals surface area contributed by atoms with Crippen molar-refractivity contribution in [2.24, 2.45) is 0 Å². The molecular formula is C20H21N3O. The van der Waals surface area contributed by atoms with E-state index in [0.29, 0.717) is 5.56 Å². The van der Waals surface area contributed by atoms with Gasteiger partial charge < -0.3 is 4.90 Å². The summed E-state index contributed by atoms with van der Waals surface area (Å²) in [6.07, 6.45) is 0.274. The monoisotopic (exact) mass is 319 g/mol. The summed E-state index contributed by atoms with van der Waals surface area (Å²) in [6, 6.07) is 20.0. The van der Waals surface area contributed by atoms with Crippen molar-refractivity contribution in [1.29, 1.82) is 5.26 Å². The third-order valence-corrected chi connectivity index (χ3v) is 4.43. The number of carbonyl (C=O) groups excluding carboxylic acids is 1. The van der Waals surface area contributed by atoms with Crippen LogP contribution < -0.4 is 0 Å². The summed E-state index contributed by atoms with van der Waals surface area (Å²) in [7, 11) is 0. The molecule has 0 unspecified atom stereocenters. The molecule has 1 aliphatic rings. The van der Waals surface area contributed by atoms with Crippen LogP contribution in [0.25, 0.3) is 0 Å². The lowest BCUT2D eigenvalue weighted by Crippen LogP contribution is -2.48. The lowest BCUT2D eigenvalue weighted by molar-refractivity contribution is 0.0627. The van der Waals surface area contributed by atoms with E-state index in [9.17, 15) is 4.79 Å². The molecular weight excluding hydrogens is 298 g/mol. The number of benzene rings is 2. The second-order valence-corrected chi connectivity index (χ2v) is 6.05. The van der Waals surface area contributed by atoms with Crippen LogP contribution >= 0.6 is 0 Å². The summed E-state index contributed by atoms with van der Waals surface area (Å²) < 4.78 is 0. The zero-order valence-corrected chi connectivity index (χ0v) is 13.7. The van der Waals surface area contributed by atoms with Crippen LogP contribution in [0, 0.1) is 11.3 Å². The Morgan fingerprint density at radius 1 is 0.958 bits per heavy atom. The van der Waals surface area contributed by atoms with E-state index in [1.807, 2.05) is 35.2 Å². The Morgan fingerprint density at radius 2 is 1.62 bits per heavy atom. The number of nitrogens with zero attached hydrogens (tertiary/aromatic N) is 3. The summed E-state index contributed by atoms with van der Waals surface area (Å²) >= 11 is 0. The van der Waals surface area contributed by atoms with Gasteiger partial charge in [0.1, 0.15) is 0 Å². The van der Waals surface area contributed by atoms with Crippen LogP contribution in [0.3, 0.4) is 0 Å². The fourth-order valence-electron chi connectivity index (χ4n) is 3.09. The zero-order valence-electron chi connectivity index (χ0n) is 13.7. The minimum absolute atomic E-state index is 0.0419. The van der Waals surface area contributed by atoms with Crippen LogP contribution in [-0.4, -0.2) is 41.9 Å². The molecule has 1 amide bonds. The van der Waals surface area contributed by atoms with Crippen LogP contribution in [0.2, 0.25) is 0 Å². The SMILES string of the molecule is N#CCc1ccccc1C(=O)N1CCN(Cc2ccccc2)CC1. The Kier molecular flexibility index (Phi) is 5.25. The van der Waals surface area contributed by atoms with Crippen molar-refractivity contribution >= 4 is 5.91 Å². The second kappa shape index (κ2) is 7.76. The third kappa shape index (κ3) is 3.81. The Hall–Kier alpha value is -2.64. The molecule has 0 aliphatic carbocycles. The molecule has 0 atom stereocenters. The normalized spacial score (nSPS) is 15.0. The molecule has 1 aliphatic heterocycles. The van der Waals surface area contributed by atoms with Gasteiger partial charge in [0.2, 0.25) is 0 Å². The molecule has 0 aromatic heterocycles. The van der Waals surface area contributed by atoms with Gasteiger partial charge in [-0.05, 0) is 17.2 Å². The van der Waals surface area contributed by atoms with Crippen LogP contribution in [0.4, 0.5) is 0 Å². The maximum absolute atomic E-state index is 12.8. The Bertz CT molecular complexity index is 728. The first-order valence-corrected chi connectivity index (χ1v) is 8.28. The number of piperazine rings is 1. The van der Waals surface area contributed by atoms with Gasteiger partial charge in [0.15, 0.2) is 0 Å². The van der Waals surface area contributed by atoms with Gasteiger partial charge in [-0.25, -0.2) is 0 Å². The van der Waals surface area contributed by atoms with Crippen LogP contribution in [0.5, 0.6) is 0 Å². The highest BCUT2D eigenvalue weighted by atomic mass is 16.2. The zero-order chi connectivity index (χ0) is 16.8. The summed E-state index contributed by atoms with van der Waals surface area (Å²) in [5.74, 6) is 0.0419. The molecule has 1 fully saturated rings. The highest BCUT2D eigenvalue weighted by Crippen LogP contribution is 2.15. The topological polar surface area (TPSA) is 47.3 Å². The average molecular weight is 319 g/mol. The minimum Gasteiger partial charge on any atom is -0.336 e. The molecule has 3 rings (SSSR count). The van der Waals surface area contributed by atoms with Crippen molar-refractivity contribution in [3.8, 4) is 6.07 Å². The molecule has 2 aromatic carbocycles. The van der Waals surface area contributed by atoms with E-state index in [-0.39, 0.29) is 12.3 Å². The number of amides is 1. The first-order chi connectivity index (χ1) is 11.8. The van der Waals surface area contributed by atoms with E-state index < -0.39 is 0 Å². The fourth-order valence-corrected chi connectivity index (χ4v) is 3.09. The molecule has 1 saturated heterocycles. The van der Waals surface area contributed by atoms with Crippen molar-refractivity contribution in [3.63, 3.8) is 0 Å². The summed E-state index contributed by atoms with van der Waals surface area (Å²) in [5, 5.41) is 8.93. The van der Waals surface area contributed by atoms with Crippen molar-refractivity contribution < 1.29 is 4.79 Å². The highest BCUT2D eigenvalue weighted by Gasteiger charge is 2.23. The summed E-state index contributed by atoms with van der Waals surface area (Å²) in [6.45, 7) is 4.13. The van der Waals surface area contributed by atoms with Gasteiger partial charge in [-0.1, -0.05) is 48.5 Å². The molecule has 2 aromatic rings. The Labute approximate surface area is 142 Å². The van der Waals surface area contributed by atoms with E-state index in [2.05, 4.69) is 35.2 Å². The Balaban J connectivity index is 1.60. The molecule has 122 valence electrons. The van der Waals surface area contributed by atoms with Crippen LogP contribution in [0.1, 0.15) is 21.5 Å². The molecule has 0 spiro atoms. The van der Waals surface area contributed by atoms with Gasteiger partial charge in [-0.3, -0.25) is 9.69 Å². The Morgan fingerprint density at radius 3 is 2.33 bits per heavy atom. The third-order valence-electron chi connectivity index (χ3n) is 4.43. The first kappa shape index (κ1) is 16.2. The number of hydrogen-bond donors (Lipinski definition) is 0. The number of carbonyl (C=O) groups is 1. The van der Waals surface area contributed by atoms with Crippen LogP contribution in [0.15, 0.2) is 54.6 Å². The molecule has 0 N–H and O–H groups in total. The molecule has 4 nitrogen and oxygen atoms in total. The maximum atomic E-state index is 12.8. The molecule has 1 heterocycles. The molecule has 0 bridgehead atoms. The number of hydrogen-bond acceptors (Lipinski definition) is 3. The van der Waals surface area contributed by atoms with E-state index in [1.54, 1.807) is 0 Å². The minimum atomic E-state index is 0.0419. The van der Waals surface area contributed by atoms with Gasteiger partial charge in [-0.15, -0.1) is 0 Å².